The maximum absolute atomic E-state index is 12.0. The van der Waals surface area contributed by atoms with Gasteiger partial charge in [-0.1, -0.05) is 28.1 Å². The minimum absolute atomic E-state index is 0.0479. The highest BCUT2D eigenvalue weighted by molar-refractivity contribution is 9.10. The van der Waals surface area contributed by atoms with Crippen LogP contribution in [0.4, 0.5) is 0 Å². The Morgan fingerprint density at radius 3 is 2.76 bits per heavy atom. The van der Waals surface area contributed by atoms with E-state index in [0.717, 1.165) is 15.8 Å². The molecular weight excluding hydrogens is 332 g/mol. The van der Waals surface area contributed by atoms with E-state index in [1.165, 1.54) is 0 Å². The summed E-state index contributed by atoms with van der Waals surface area (Å²) in [6, 6.07) is 11.5. The third-order valence-electron chi connectivity index (χ3n) is 3.26. The minimum Gasteiger partial charge on any atom is -0.467 e. The molecule has 21 heavy (non-hydrogen) atoms. The summed E-state index contributed by atoms with van der Waals surface area (Å²) in [4.78, 5) is 12.0. The van der Waals surface area contributed by atoms with Crippen LogP contribution in [0.15, 0.2) is 51.6 Å². The van der Waals surface area contributed by atoms with Crippen LogP contribution < -0.4 is 10.6 Å². The van der Waals surface area contributed by atoms with Crippen LogP contribution in [0.25, 0.3) is 0 Å². The number of furan rings is 1. The molecule has 0 bridgehead atoms. The van der Waals surface area contributed by atoms with Gasteiger partial charge in [0.15, 0.2) is 0 Å². The van der Waals surface area contributed by atoms with Gasteiger partial charge >= 0.3 is 0 Å². The molecule has 0 saturated heterocycles. The highest BCUT2D eigenvalue weighted by Crippen LogP contribution is 2.18. The van der Waals surface area contributed by atoms with Crippen LogP contribution in [0.5, 0.6) is 0 Å². The molecular formula is C16H19BrN2O2. The van der Waals surface area contributed by atoms with Gasteiger partial charge in [-0.25, -0.2) is 0 Å². The molecule has 5 heteroatoms. The maximum Gasteiger partial charge on any atom is 0.237 e. The summed E-state index contributed by atoms with van der Waals surface area (Å²) in [5, 5.41) is 6.14. The monoisotopic (exact) mass is 350 g/mol. The zero-order valence-corrected chi connectivity index (χ0v) is 13.7. The highest BCUT2D eigenvalue weighted by Gasteiger charge is 2.16. The van der Waals surface area contributed by atoms with E-state index in [1.807, 2.05) is 44.2 Å². The number of halogens is 1. The molecule has 2 atom stereocenters. The minimum atomic E-state index is -0.283. The van der Waals surface area contributed by atoms with Gasteiger partial charge in [0.1, 0.15) is 5.76 Å². The maximum atomic E-state index is 12.0. The van der Waals surface area contributed by atoms with Gasteiger partial charge in [-0.3, -0.25) is 10.1 Å². The SMILES string of the molecule is CC(N[C@@H](C)c1cccc(Br)c1)C(=O)NCc1ccco1. The van der Waals surface area contributed by atoms with Crippen molar-refractivity contribution >= 4 is 21.8 Å². The zero-order valence-electron chi connectivity index (χ0n) is 12.1. The second-order valence-electron chi connectivity index (χ2n) is 4.96. The molecule has 0 fully saturated rings. The molecule has 2 aromatic rings. The number of hydrogen-bond donors (Lipinski definition) is 2. The molecule has 0 saturated carbocycles. The predicted molar refractivity (Wildman–Crippen MR) is 85.7 cm³/mol. The average molecular weight is 351 g/mol. The van der Waals surface area contributed by atoms with Crippen LogP contribution in [-0.2, 0) is 11.3 Å². The van der Waals surface area contributed by atoms with Gasteiger partial charge in [0.2, 0.25) is 5.91 Å². The van der Waals surface area contributed by atoms with E-state index in [0.29, 0.717) is 6.54 Å². The Balaban J connectivity index is 1.85. The lowest BCUT2D eigenvalue weighted by atomic mass is 10.1. The second kappa shape index (κ2) is 7.43. The Labute approximate surface area is 133 Å². The summed E-state index contributed by atoms with van der Waals surface area (Å²) in [6.45, 7) is 4.30. The molecule has 1 aromatic carbocycles. The van der Waals surface area contributed by atoms with Crippen LogP contribution in [0, 0.1) is 0 Å². The molecule has 1 aromatic heterocycles. The summed E-state index contributed by atoms with van der Waals surface area (Å²) < 4.78 is 6.22. The summed E-state index contributed by atoms with van der Waals surface area (Å²) >= 11 is 3.46. The molecule has 0 spiro atoms. The van der Waals surface area contributed by atoms with Crippen molar-refractivity contribution in [2.24, 2.45) is 0 Å². The van der Waals surface area contributed by atoms with Gasteiger partial charge in [-0.05, 0) is 43.7 Å². The molecule has 1 unspecified atom stereocenters. The first-order valence-electron chi connectivity index (χ1n) is 6.88. The highest BCUT2D eigenvalue weighted by atomic mass is 79.9. The Kier molecular flexibility index (Phi) is 5.59. The van der Waals surface area contributed by atoms with Gasteiger partial charge in [0, 0.05) is 10.5 Å². The van der Waals surface area contributed by atoms with Crippen molar-refractivity contribution in [3.05, 3.63) is 58.5 Å². The summed E-state index contributed by atoms with van der Waals surface area (Å²) in [5.74, 6) is 0.698. The summed E-state index contributed by atoms with van der Waals surface area (Å²) in [7, 11) is 0. The third kappa shape index (κ3) is 4.72. The number of rotatable bonds is 6. The van der Waals surface area contributed by atoms with E-state index in [4.69, 9.17) is 4.42 Å². The van der Waals surface area contributed by atoms with Gasteiger partial charge in [0.25, 0.3) is 0 Å². The van der Waals surface area contributed by atoms with E-state index >= 15 is 0 Å². The van der Waals surface area contributed by atoms with Crippen molar-refractivity contribution in [3.63, 3.8) is 0 Å². The van der Waals surface area contributed by atoms with Crippen LogP contribution >= 0.6 is 15.9 Å². The van der Waals surface area contributed by atoms with Gasteiger partial charge in [-0.15, -0.1) is 0 Å². The van der Waals surface area contributed by atoms with E-state index in [-0.39, 0.29) is 18.0 Å². The standard InChI is InChI=1S/C16H19BrN2O2/c1-11(13-5-3-6-14(17)9-13)19-12(2)16(20)18-10-15-7-4-8-21-15/h3-9,11-12,19H,10H2,1-2H3,(H,18,20)/t11-,12?/m0/s1. The molecule has 4 nitrogen and oxygen atoms in total. The number of carbonyl (C=O) groups is 1. The molecule has 0 aliphatic rings. The van der Waals surface area contributed by atoms with E-state index < -0.39 is 0 Å². The van der Waals surface area contributed by atoms with E-state index in [9.17, 15) is 4.79 Å². The first kappa shape index (κ1) is 15.8. The number of amides is 1. The molecule has 0 aliphatic heterocycles. The topological polar surface area (TPSA) is 54.3 Å². The Morgan fingerprint density at radius 2 is 2.10 bits per heavy atom. The molecule has 0 aliphatic carbocycles. The number of carbonyl (C=O) groups excluding carboxylic acids is 1. The third-order valence-corrected chi connectivity index (χ3v) is 3.75. The second-order valence-corrected chi connectivity index (χ2v) is 5.88. The van der Waals surface area contributed by atoms with Crippen LogP contribution in [0.2, 0.25) is 0 Å². The van der Waals surface area contributed by atoms with Gasteiger partial charge in [-0.2, -0.15) is 0 Å². The number of hydrogen-bond acceptors (Lipinski definition) is 3. The fourth-order valence-corrected chi connectivity index (χ4v) is 2.48. The Hall–Kier alpha value is -1.59. The summed E-state index contributed by atoms with van der Waals surface area (Å²) in [6.07, 6.45) is 1.60. The number of benzene rings is 1. The van der Waals surface area contributed by atoms with Crippen molar-refractivity contribution < 1.29 is 9.21 Å². The predicted octanol–water partition coefficient (Wildman–Crippen LogP) is 3.40. The van der Waals surface area contributed by atoms with Crippen molar-refractivity contribution in [2.75, 3.05) is 0 Å². The number of nitrogens with one attached hydrogen (secondary N) is 2. The van der Waals surface area contributed by atoms with E-state index in [2.05, 4.69) is 26.6 Å². The first-order chi connectivity index (χ1) is 10.1. The van der Waals surface area contributed by atoms with Crippen LogP contribution in [0.3, 0.4) is 0 Å². The summed E-state index contributed by atoms with van der Waals surface area (Å²) in [5.41, 5.74) is 1.13. The van der Waals surface area contributed by atoms with Gasteiger partial charge < -0.3 is 9.73 Å². The molecule has 2 N–H and O–H groups in total. The Morgan fingerprint density at radius 1 is 1.29 bits per heavy atom. The average Bonchev–Trinajstić information content (AvgIpc) is 2.97. The molecule has 2 rings (SSSR count). The molecule has 0 radical (unpaired) electrons. The van der Waals surface area contributed by atoms with E-state index in [1.54, 1.807) is 12.3 Å². The largest absolute Gasteiger partial charge is 0.467 e. The smallest absolute Gasteiger partial charge is 0.237 e. The lowest BCUT2D eigenvalue weighted by molar-refractivity contribution is -0.123. The Bertz CT molecular complexity index is 584. The molecule has 1 heterocycles. The fourth-order valence-electron chi connectivity index (χ4n) is 2.06. The lowest BCUT2D eigenvalue weighted by Crippen LogP contribution is -2.42. The molecule has 112 valence electrons. The first-order valence-corrected chi connectivity index (χ1v) is 7.67. The van der Waals surface area contributed by atoms with Crippen molar-refractivity contribution in [3.8, 4) is 0 Å². The zero-order chi connectivity index (χ0) is 15.2. The lowest BCUT2D eigenvalue weighted by Gasteiger charge is -2.20. The van der Waals surface area contributed by atoms with Crippen LogP contribution in [-0.4, -0.2) is 11.9 Å². The normalized spacial score (nSPS) is 13.7. The van der Waals surface area contributed by atoms with Crippen molar-refractivity contribution in [1.82, 2.24) is 10.6 Å². The fraction of sp³-hybridized carbons (Fsp3) is 0.312. The molecule has 1 amide bonds. The van der Waals surface area contributed by atoms with Gasteiger partial charge in [0.05, 0.1) is 18.8 Å². The van der Waals surface area contributed by atoms with Crippen LogP contribution in [0.1, 0.15) is 31.2 Å². The van der Waals surface area contributed by atoms with Crippen molar-refractivity contribution in [2.45, 2.75) is 32.5 Å². The quantitative estimate of drug-likeness (QED) is 0.839. The van der Waals surface area contributed by atoms with Crippen molar-refractivity contribution in [1.29, 1.82) is 0 Å².